The van der Waals surface area contributed by atoms with E-state index in [0.717, 1.165) is 5.56 Å². The van der Waals surface area contributed by atoms with Gasteiger partial charge in [-0.2, -0.15) is 0 Å². The number of rotatable bonds is 6. The van der Waals surface area contributed by atoms with Crippen molar-refractivity contribution in [2.45, 2.75) is 18.9 Å². The zero-order chi connectivity index (χ0) is 14.3. The average molecular weight is 263 g/mol. The summed E-state index contributed by atoms with van der Waals surface area (Å²) in [5.41, 5.74) is -0.601. The third-order valence-corrected chi connectivity index (χ3v) is 2.58. The highest BCUT2D eigenvalue weighted by molar-refractivity contribution is 5.84. The zero-order valence-electron chi connectivity index (χ0n) is 10.8. The molecule has 2 N–H and O–H groups in total. The van der Waals surface area contributed by atoms with E-state index in [4.69, 9.17) is 4.74 Å². The molecular formula is C14H17NO4. The Morgan fingerprint density at radius 3 is 2.58 bits per heavy atom. The molecule has 0 heterocycles. The van der Waals surface area contributed by atoms with Gasteiger partial charge >= 0.3 is 12.1 Å². The third kappa shape index (κ3) is 4.46. The molecule has 1 amide bonds. The van der Waals surface area contributed by atoms with Crippen molar-refractivity contribution in [2.24, 2.45) is 0 Å². The zero-order valence-corrected chi connectivity index (χ0v) is 10.8. The lowest BCUT2D eigenvalue weighted by atomic mass is 9.93. The molecule has 1 aromatic rings. The van der Waals surface area contributed by atoms with Crippen LogP contribution in [0.15, 0.2) is 43.0 Å². The van der Waals surface area contributed by atoms with Crippen molar-refractivity contribution >= 4 is 12.1 Å². The summed E-state index contributed by atoms with van der Waals surface area (Å²) in [6.07, 6.45) is 0.807. The Morgan fingerprint density at radius 1 is 1.42 bits per heavy atom. The van der Waals surface area contributed by atoms with Crippen molar-refractivity contribution in [1.29, 1.82) is 0 Å². The van der Waals surface area contributed by atoms with E-state index in [2.05, 4.69) is 11.9 Å². The van der Waals surface area contributed by atoms with Crippen molar-refractivity contribution in [2.75, 3.05) is 6.61 Å². The van der Waals surface area contributed by atoms with Gasteiger partial charge in [0.25, 0.3) is 0 Å². The van der Waals surface area contributed by atoms with Crippen LogP contribution in [0.3, 0.4) is 0 Å². The highest BCUT2D eigenvalue weighted by Gasteiger charge is 2.35. The fraction of sp³-hybridized carbons (Fsp3) is 0.286. The van der Waals surface area contributed by atoms with Crippen LogP contribution in [0.25, 0.3) is 0 Å². The van der Waals surface area contributed by atoms with Crippen molar-refractivity contribution in [3.63, 3.8) is 0 Å². The highest BCUT2D eigenvalue weighted by atomic mass is 16.5. The Hall–Kier alpha value is -2.30. The number of ether oxygens (including phenoxy) is 1. The molecule has 5 nitrogen and oxygen atoms in total. The first-order valence-corrected chi connectivity index (χ1v) is 5.81. The van der Waals surface area contributed by atoms with E-state index in [1.54, 1.807) is 12.1 Å². The molecule has 19 heavy (non-hydrogen) atoms. The van der Waals surface area contributed by atoms with Crippen LogP contribution in [-0.2, 0) is 16.0 Å². The van der Waals surface area contributed by atoms with Crippen LogP contribution in [0, 0.1) is 0 Å². The first-order valence-electron chi connectivity index (χ1n) is 5.81. The second-order valence-corrected chi connectivity index (χ2v) is 4.31. The van der Waals surface area contributed by atoms with Crippen molar-refractivity contribution in [3.8, 4) is 0 Å². The number of carbonyl (C=O) groups excluding carboxylic acids is 1. The monoisotopic (exact) mass is 263 g/mol. The molecule has 0 fully saturated rings. The first kappa shape index (κ1) is 14.8. The lowest BCUT2D eigenvalue weighted by Gasteiger charge is -2.25. The largest absolute Gasteiger partial charge is 0.480 e. The van der Waals surface area contributed by atoms with Crippen molar-refractivity contribution in [3.05, 3.63) is 48.6 Å². The van der Waals surface area contributed by atoms with Crippen molar-refractivity contribution < 1.29 is 19.4 Å². The maximum absolute atomic E-state index is 11.5. The van der Waals surface area contributed by atoms with Gasteiger partial charge in [-0.15, -0.1) is 0 Å². The van der Waals surface area contributed by atoms with E-state index in [1.807, 2.05) is 18.2 Å². The number of hydrogen-bond acceptors (Lipinski definition) is 3. The molecule has 5 heteroatoms. The summed E-state index contributed by atoms with van der Waals surface area (Å²) < 4.78 is 4.74. The fourth-order valence-corrected chi connectivity index (χ4v) is 1.57. The molecule has 1 unspecified atom stereocenters. The smallest absolute Gasteiger partial charge is 0.408 e. The number of aliphatic carboxylic acids is 1. The van der Waals surface area contributed by atoms with Gasteiger partial charge in [-0.25, -0.2) is 9.59 Å². The Labute approximate surface area is 111 Å². The maximum atomic E-state index is 11.5. The quantitative estimate of drug-likeness (QED) is 0.769. The van der Waals surface area contributed by atoms with Gasteiger partial charge in [-0.3, -0.25) is 0 Å². The van der Waals surface area contributed by atoms with Crippen LogP contribution >= 0.6 is 0 Å². The fourth-order valence-electron chi connectivity index (χ4n) is 1.57. The summed E-state index contributed by atoms with van der Waals surface area (Å²) in [7, 11) is 0. The molecular weight excluding hydrogens is 246 g/mol. The number of carboxylic acids is 1. The molecule has 0 saturated carbocycles. The number of carboxylic acid groups (broad SMARTS) is 1. The van der Waals surface area contributed by atoms with Crippen LogP contribution in [0.1, 0.15) is 12.5 Å². The van der Waals surface area contributed by atoms with Gasteiger partial charge in [0.1, 0.15) is 12.1 Å². The maximum Gasteiger partial charge on any atom is 0.408 e. The van der Waals surface area contributed by atoms with E-state index in [-0.39, 0.29) is 13.0 Å². The molecule has 0 saturated heterocycles. The van der Waals surface area contributed by atoms with Crippen LogP contribution in [0.4, 0.5) is 4.79 Å². The number of benzene rings is 1. The SMILES string of the molecule is C=CCOC(=O)NC(C)(Cc1ccccc1)C(=O)O. The molecule has 1 rings (SSSR count). The van der Waals surface area contributed by atoms with Gasteiger partial charge in [-0.05, 0) is 12.5 Å². The summed E-state index contributed by atoms with van der Waals surface area (Å²) >= 11 is 0. The predicted octanol–water partition coefficient (Wildman–Crippen LogP) is 1.98. The minimum atomic E-state index is -1.42. The molecule has 0 aliphatic carbocycles. The summed E-state index contributed by atoms with van der Waals surface area (Å²) in [5.74, 6) is -1.12. The highest BCUT2D eigenvalue weighted by Crippen LogP contribution is 2.14. The van der Waals surface area contributed by atoms with Gasteiger partial charge in [0.2, 0.25) is 0 Å². The van der Waals surface area contributed by atoms with Gasteiger partial charge in [-0.1, -0.05) is 43.0 Å². The van der Waals surface area contributed by atoms with Crippen LogP contribution in [-0.4, -0.2) is 29.3 Å². The molecule has 0 bridgehead atoms. The summed E-state index contributed by atoms with van der Waals surface area (Å²) in [4.78, 5) is 22.8. The Kier molecular flexibility index (Phi) is 5.11. The Bertz CT molecular complexity index is 458. The van der Waals surface area contributed by atoms with E-state index in [1.165, 1.54) is 13.0 Å². The van der Waals surface area contributed by atoms with Crippen LogP contribution in [0.5, 0.6) is 0 Å². The molecule has 1 aromatic carbocycles. The number of nitrogens with one attached hydrogen (secondary N) is 1. The topological polar surface area (TPSA) is 75.6 Å². The molecule has 1 atom stereocenters. The van der Waals surface area contributed by atoms with E-state index >= 15 is 0 Å². The standard InChI is InChI=1S/C14H17NO4/c1-3-9-19-13(18)15-14(2,12(16)17)10-11-7-5-4-6-8-11/h3-8H,1,9-10H2,2H3,(H,15,18)(H,16,17). The van der Waals surface area contributed by atoms with Gasteiger partial charge in [0.15, 0.2) is 0 Å². The van der Waals surface area contributed by atoms with Gasteiger partial charge in [0, 0.05) is 6.42 Å². The molecule has 102 valence electrons. The Morgan fingerprint density at radius 2 is 2.05 bits per heavy atom. The molecule has 0 aliphatic rings. The summed E-state index contributed by atoms with van der Waals surface area (Å²) in [5, 5.41) is 11.6. The minimum absolute atomic E-state index is 0.0346. The van der Waals surface area contributed by atoms with E-state index < -0.39 is 17.6 Å². The first-order chi connectivity index (χ1) is 8.98. The van der Waals surface area contributed by atoms with Crippen LogP contribution in [0.2, 0.25) is 0 Å². The normalized spacial score (nSPS) is 13.1. The second kappa shape index (κ2) is 6.58. The lowest BCUT2D eigenvalue weighted by molar-refractivity contribution is -0.143. The third-order valence-electron chi connectivity index (χ3n) is 2.58. The number of carbonyl (C=O) groups is 2. The molecule has 0 aliphatic heterocycles. The van der Waals surface area contributed by atoms with Gasteiger partial charge in [0.05, 0.1) is 0 Å². The number of hydrogen-bond donors (Lipinski definition) is 2. The summed E-state index contributed by atoms with van der Waals surface area (Å²) in [6.45, 7) is 4.89. The van der Waals surface area contributed by atoms with Crippen LogP contribution < -0.4 is 5.32 Å². The number of alkyl carbamates (subject to hydrolysis) is 1. The van der Waals surface area contributed by atoms with E-state index in [9.17, 15) is 14.7 Å². The predicted molar refractivity (Wildman–Crippen MR) is 70.9 cm³/mol. The lowest BCUT2D eigenvalue weighted by Crippen LogP contribution is -2.54. The number of amides is 1. The second-order valence-electron chi connectivity index (χ2n) is 4.31. The van der Waals surface area contributed by atoms with Gasteiger partial charge < -0.3 is 15.2 Å². The molecule has 0 radical (unpaired) electrons. The molecule has 0 spiro atoms. The Balaban J connectivity index is 2.77. The molecule has 0 aromatic heterocycles. The summed E-state index contributed by atoms with van der Waals surface area (Å²) in [6, 6.07) is 9.07. The average Bonchev–Trinajstić information content (AvgIpc) is 2.37. The van der Waals surface area contributed by atoms with E-state index in [0.29, 0.717) is 0 Å². The minimum Gasteiger partial charge on any atom is -0.480 e. The van der Waals surface area contributed by atoms with Crippen molar-refractivity contribution in [1.82, 2.24) is 5.32 Å².